The summed E-state index contributed by atoms with van der Waals surface area (Å²) in [7, 11) is 0. The molecule has 0 bridgehead atoms. The van der Waals surface area contributed by atoms with Gasteiger partial charge in [0.2, 0.25) is 0 Å². The van der Waals surface area contributed by atoms with Crippen LogP contribution in [0, 0.1) is 18.8 Å². The first-order chi connectivity index (χ1) is 9.99. The van der Waals surface area contributed by atoms with Crippen LogP contribution in [0.5, 0.6) is 0 Å². The Morgan fingerprint density at radius 2 is 2.14 bits per heavy atom. The zero-order chi connectivity index (χ0) is 15.4. The van der Waals surface area contributed by atoms with Crippen molar-refractivity contribution in [3.8, 4) is 0 Å². The van der Waals surface area contributed by atoms with Gasteiger partial charge in [-0.3, -0.25) is 9.48 Å². The third-order valence-corrected chi connectivity index (χ3v) is 4.30. The molecule has 2 rings (SSSR count). The third kappa shape index (κ3) is 4.06. The fraction of sp³-hybridized carbons (Fsp3) is 0.750. The summed E-state index contributed by atoms with van der Waals surface area (Å²) in [6, 6.07) is 0. The summed E-state index contributed by atoms with van der Waals surface area (Å²) in [4.78, 5) is 12.2. The molecule has 1 aromatic rings. The van der Waals surface area contributed by atoms with E-state index < -0.39 is 6.10 Å². The van der Waals surface area contributed by atoms with Gasteiger partial charge in [-0.1, -0.05) is 26.7 Å². The van der Waals surface area contributed by atoms with Crippen LogP contribution in [0.15, 0.2) is 6.20 Å². The number of nitrogens with zero attached hydrogens (tertiary/aromatic N) is 2. The lowest BCUT2D eigenvalue weighted by molar-refractivity contribution is 0.0840. The fourth-order valence-corrected chi connectivity index (χ4v) is 3.00. The van der Waals surface area contributed by atoms with Gasteiger partial charge in [-0.25, -0.2) is 0 Å². The first-order valence-electron chi connectivity index (χ1n) is 7.97. The predicted octanol–water partition coefficient (Wildman–Crippen LogP) is 2.13. The molecule has 2 N–H and O–H groups in total. The Hall–Kier alpha value is -1.36. The highest BCUT2D eigenvalue weighted by atomic mass is 16.3. The molecular formula is C16H27N3O2. The highest BCUT2D eigenvalue weighted by Crippen LogP contribution is 2.27. The van der Waals surface area contributed by atoms with E-state index in [2.05, 4.69) is 24.3 Å². The molecular weight excluding hydrogens is 266 g/mol. The fourth-order valence-electron chi connectivity index (χ4n) is 3.00. The normalized spacial score (nSPS) is 17.4. The Morgan fingerprint density at radius 1 is 1.48 bits per heavy atom. The highest BCUT2D eigenvalue weighted by Gasteiger charge is 2.24. The first kappa shape index (κ1) is 16.0. The quantitative estimate of drug-likeness (QED) is 0.844. The lowest BCUT2D eigenvalue weighted by Gasteiger charge is -2.18. The predicted molar refractivity (Wildman–Crippen MR) is 82.1 cm³/mol. The number of carbonyl (C=O) groups excluding carboxylic acids is 1. The highest BCUT2D eigenvalue weighted by molar-refractivity contribution is 5.95. The molecule has 1 heterocycles. The molecule has 5 nitrogen and oxygen atoms in total. The SMILES string of the molecule is Cc1c(C(=O)NCC(O)C2CCCC2)cnn1CC(C)C. The van der Waals surface area contributed by atoms with E-state index in [4.69, 9.17) is 0 Å². The molecule has 1 aromatic heterocycles. The second kappa shape index (κ2) is 7.07. The Labute approximate surface area is 126 Å². The van der Waals surface area contributed by atoms with E-state index in [-0.39, 0.29) is 5.91 Å². The summed E-state index contributed by atoms with van der Waals surface area (Å²) in [5, 5.41) is 17.2. The molecule has 1 fully saturated rings. The first-order valence-corrected chi connectivity index (χ1v) is 7.97. The van der Waals surface area contributed by atoms with Crippen molar-refractivity contribution >= 4 is 5.91 Å². The lowest BCUT2D eigenvalue weighted by Crippen LogP contribution is -2.35. The molecule has 1 unspecified atom stereocenters. The molecule has 0 radical (unpaired) electrons. The van der Waals surface area contributed by atoms with Crippen LogP contribution in [0.25, 0.3) is 0 Å². The maximum absolute atomic E-state index is 12.2. The summed E-state index contributed by atoms with van der Waals surface area (Å²) >= 11 is 0. The number of hydrogen-bond donors (Lipinski definition) is 2. The van der Waals surface area contributed by atoms with Gasteiger partial charge in [0, 0.05) is 18.8 Å². The number of nitrogens with one attached hydrogen (secondary N) is 1. The van der Waals surface area contributed by atoms with Crippen molar-refractivity contribution in [3.63, 3.8) is 0 Å². The van der Waals surface area contributed by atoms with Crippen molar-refractivity contribution in [1.82, 2.24) is 15.1 Å². The second-order valence-electron chi connectivity index (χ2n) is 6.54. The van der Waals surface area contributed by atoms with Crippen molar-refractivity contribution in [2.24, 2.45) is 11.8 Å². The average Bonchev–Trinajstić information content (AvgIpc) is 3.07. The largest absolute Gasteiger partial charge is 0.391 e. The molecule has 1 aliphatic rings. The molecule has 1 amide bonds. The second-order valence-corrected chi connectivity index (χ2v) is 6.54. The summed E-state index contributed by atoms with van der Waals surface area (Å²) in [5.41, 5.74) is 1.49. The van der Waals surface area contributed by atoms with Gasteiger partial charge in [-0.05, 0) is 31.6 Å². The van der Waals surface area contributed by atoms with Crippen molar-refractivity contribution in [3.05, 3.63) is 17.5 Å². The number of aliphatic hydroxyl groups is 1. The Kier molecular flexibility index (Phi) is 5.39. The minimum absolute atomic E-state index is 0.139. The van der Waals surface area contributed by atoms with Crippen LogP contribution < -0.4 is 5.32 Å². The summed E-state index contributed by atoms with van der Waals surface area (Å²) < 4.78 is 1.87. The van der Waals surface area contributed by atoms with Crippen LogP contribution in [-0.2, 0) is 6.54 Å². The van der Waals surface area contributed by atoms with Crippen LogP contribution in [0.1, 0.15) is 55.6 Å². The molecule has 0 aliphatic heterocycles. The molecule has 0 saturated heterocycles. The Morgan fingerprint density at radius 3 is 2.76 bits per heavy atom. The van der Waals surface area contributed by atoms with E-state index in [1.54, 1.807) is 6.20 Å². The van der Waals surface area contributed by atoms with E-state index in [0.29, 0.717) is 23.9 Å². The van der Waals surface area contributed by atoms with E-state index in [1.165, 1.54) is 12.8 Å². The molecule has 1 aliphatic carbocycles. The molecule has 1 atom stereocenters. The maximum Gasteiger partial charge on any atom is 0.254 e. The molecule has 21 heavy (non-hydrogen) atoms. The number of carbonyl (C=O) groups is 1. The van der Waals surface area contributed by atoms with Crippen LogP contribution >= 0.6 is 0 Å². The summed E-state index contributed by atoms with van der Waals surface area (Å²) in [5.74, 6) is 0.693. The zero-order valence-electron chi connectivity index (χ0n) is 13.3. The number of aromatic nitrogens is 2. The topological polar surface area (TPSA) is 67.2 Å². The van der Waals surface area contributed by atoms with Gasteiger partial charge >= 0.3 is 0 Å². The van der Waals surface area contributed by atoms with Gasteiger partial charge < -0.3 is 10.4 Å². The van der Waals surface area contributed by atoms with E-state index in [1.807, 2.05) is 11.6 Å². The van der Waals surface area contributed by atoms with Gasteiger partial charge in [-0.15, -0.1) is 0 Å². The summed E-state index contributed by atoms with van der Waals surface area (Å²) in [6.07, 6.45) is 5.72. The Balaban J connectivity index is 1.89. The van der Waals surface area contributed by atoms with Gasteiger partial charge in [0.1, 0.15) is 0 Å². The van der Waals surface area contributed by atoms with Gasteiger partial charge in [0.15, 0.2) is 0 Å². The number of aliphatic hydroxyl groups excluding tert-OH is 1. The van der Waals surface area contributed by atoms with Gasteiger partial charge in [0.25, 0.3) is 5.91 Å². The molecule has 0 aromatic carbocycles. The summed E-state index contributed by atoms with van der Waals surface area (Å²) in [6.45, 7) is 7.30. The third-order valence-electron chi connectivity index (χ3n) is 4.30. The molecule has 5 heteroatoms. The molecule has 0 spiro atoms. The van der Waals surface area contributed by atoms with E-state index >= 15 is 0 Å². The van der Waals surface area contributed by atoms with Crippen molar-refractivity contribution < 1.29 is 9.90 Å². The van der Waals surface area contributed by atoms with Crippen LogP contribution in [-0.4, -0.2) is 33.4 Å². The minimum atomic E-state index is -0.428. The smallest absolute Gasteiger partial charge is 0.254 e. The van der Waals surface area contributed by atoms with Gasteiger partial charge in [-0.2, -0.15) is 5.10 Å². The molecule has 1 saturated carbocycles. The van der Waals surface area contributed by atoms with E-state index in [9.17, 15) is 9.90 Å². The molecule has 118 valence electrons. The van der Waals surface area contributed by atoms with Crippen LogP contribution in [0.4, 0.5) is 0 Å². The maximum atomic E-state index is 12.2. The lowest BCUT2D eigenvalue weighted by atomic mass is 10.0. The number of rotatable bonds is 6. The van der Waals surface area contributed by atoms with Crippen molar-refractivity contribution in [1.29, 1.82) is 0 Å². The Bertz CT molecular complexity index is 476. The van der Waals surface area contributed by atoms with Crippen LogP contribution in [0.3, 0.4) is 0 Å². The van der Waals surface area contributed by atoms with Crippen molar-refractivity contribution in [2.45, 2.75) is 59.1 Å². The average molecular weight is 293 g/mol. The monoisotopic (exact) mass is 293 g/mol. The zero-order valence-corrected chi connectivity index (χ0v) is 13.3. The van der Waals surface area contributed by atoms with Crippen LogP contribution in [0.2, 0.25) is 0 Å². The number of amides is 1. The van der Waals surface area contributed by atoms with Crippen molar-refractivity contribution in [2.75, 3.05) is 6.54 Å². The van der Waals surface area contributed by atoms with Gasteiger partial charge in [0.05, 0.1) is 17.9 Å². The standard InChI is InChI=1S/C16H27N3O2/c1-11(2)10-19-12(3)14(8-18-19)16(21)17-9-15(20)13-6-4-5-7-13/h8,11,13,15,20H,4-7,9-10H2,1-3H3,(H,17,21). The minimum Gasteiger partial charge on any atom is -0.391 e. The number of hydrogen-bond acceptors (Lipinski definition) is 3. The van der Waals surface area contributed by atoms with E-state index in [0.717, 1.165) is 25.1 Å².